The summed E-state index contributed by atoms with van der Waals surface area (Å²) in [6.07, 6.45) is 0.0556. The van der Waals surface area contributed by atoms with Gasteiger partial charge in [-0.15, -0.1) is 10.2 Å². The van der Waals surface area contributed by atoms with Gasteiger partial charge in [0.05, 0.1) is 11.8 Å². The van der Waals surface area contributed by atoms with Gasteiger partial charge in [-0.1, -0.05) is 18.7 Å². The lowest BCUT2D eigenvalue weighted by molar-refractivity contribution is -0.106. The van der Waals surface area contributed by atoms with Gasteiger partial charge in [0.1, 0.15) is 5.75 Å². The molecule has 2 N–H and O–H groups in total. The first-order chi connectivity index (χ1) is 15.4. The number of piperazine rings is 1. The Balaban J connectivity index is 0.000000395. The Kier molecular flexibility index (Phi) is 9.47. The highest BCUT2D eigenvalue weighted by molar-refractivity contribution is 5.81. The molecule has 4 rings (SSSR count). The van der Waals surface area contributed by atoms with Crippen molar-refractivity contribution in [3.8, 4) is 23.1 Å². The Bertz CT molecular complexity index is 1080. The number of phenolic OH excluding ortho intramolecular Hbond substituents is 1. The molecule has 3 aromatic rings. The normalized spacial score (nSPS) is 13.8. The standard InChI is InChI=1S/C18H21N5O.C3H3FO.C2H3N/c1-22-6-8-23(9-7-22)12-14-10-13-11-16(20-21-18(13)19-14)15-4-2-3-5-17(15)24;1-3(4)2-5;1-2-3/h2-5,10-11,24H,6-9,12H2,1H3,(H,19,21);2H,1H2;1H3. The second-order valence-corrected chi connectivity index (χ2v) is 7.21. The van der Waals surface area contributed by atoms with Crippen LogP contribution in [-0.4, -0.2) is 69.6 Å². The van der Waals surface area contributed by atoms with Crippen molar-refractivity contribution >= 4 is 17.3 Å². The number of phenols is 1. The molecule has 168 valence electrons. The number of allylic oxidation sites excluding steroid dienone is 1. The van der Waals surface area contributed by atoms with Gasteiger partial charge in [-0.05, 0) is 31.3 Å². The summed E-state index contributed by atoms with van der Waals surface area (Å²) in [6.45, 7) is 9.35. The molecule has 0 radical (unpaired) electrons. The molecule has 1 aliphatic rings. The van der Waals surface area contributed by atoms with Crippen LogP contribution in [0.5, 0.6) is 5.75 Å². The van der Waals surface area contributed by atoms with E-state index < -0.39 is 5.83 Å². The van der Waals surface area contributed by atoms with E-state index in [4.69, 9.17) is 10.1 Å². The lowest BCUT2D eigenvalue weighted by Crippen LogP contribution is -2.43. The van der Waals surface area contributed by atoms with Crippen molar-refractivity contribution in [2.75, 3.05) is 33.2 Å². The molecule has 1 fully saturated rings. The van der Waals surface area contributed by atoms with E-state index in [0.29, 0.717) is 11.3 Å². The van der Waals surface area contributed by atoms with Gasteiger partial charge in [-0.3, -0.25) is 9.69 Å². The highest BCUT2D eigenvalue weighted by Gasteiger charge is 2.15. The highest BCUT2D eigenvalue weighted by atomic mass is 19.1. The van der Waals surface area contributed by atoms with Crippen LogP contribution in [0, 0.1) is 11.3 Å². The van der Waals surface area contributed by atoms with E-state index in [1.807, 2.05) is 18.2 Å². The summed E-state index contributed by atoms with van der Waals surface area (Å²) in [5, 5.41) is 26.9. The third-order valence-electron chi connectivity index (χ3n) is 4.73. The van der Waals surface area contributed by atoms with E-state index in [1.54, 1.807) is 18.2 Å². The average Bonchev–Trinajstić information content (AvgIpc) is 3.18. The third-order valence-corrected chi connectivity index (χ3v) is 4.73. The van der Waals surface area contributed by atoms with Crippen LogP contribution in [0.2, 0.25) is 0 Å². The molecule has 3 heterocycles. The predicted octanol–water partition coefficient (Wildman–Crippen LogP) is 3.28. The van der Waals surface area contributed by atoms with Crippen LogP contribution in [0.25, 0.3) is 22.3 Å². The molecule has 0 aliphatic carbocycles. The maximum atomic E-state index is 10.9. The molecule has 9 heteroatoms. The Hall–Kier alpha value is -3.61. The summed E-state index contributed by atoms with van der Waals surface area (Å²) in [5.41, 5.74) is 3.33. The summed E-state index contributed by atoms with van der Waals surface area (Å²) < 4.78 is 10.9. The van der Waals surface area contributed by atoms with Crippen LogP contribution in [0.1, 0.15) is 12.6 Å². The number of benzene rings is 1. The summed E-state index contributed by atoms with van der Waals surface area (Å²) in [5.74, 6) is -0.704. The van der Waals surface area contributed by atoms with E-state index >= 15 is 0 Å². The van der Waals surface area contributed by atoms with Crippen molar-refractivity contribution in [3.05, 3.63) is 54.5 Å². The van der Waals surface area contributed by atoms with Gasteiger partial charge in [-0.2, -0.15) is 5.26 Å². The maximum absolute atomic E-state index is 10.9. The number of rotatable bonds is 4. The summed E-state index contributed by atoms with van der Waals surface area (Å²) in [7, 11) is 2.16. The quantitative estimate of drug-likeness (QED) is 0.475. The molecule has 0 saturated carbocycles. The maximum Gasteiger partial charge on any atom is 0.177 e. The van der Waals surface area contributed by atoms with Crippen LogP contribution in [0.4, 0.5) is 4.39 Å². The molecular formula is C23H27FN6O2. The molecule has 1 saturated heterocycles. The van der Waals surface area contributed by atoms with Crippen molar-refractivity contribution in [1.82, 2.24) is 25.0 Å². The fourth-order valence-corrected chi connectivity index (χ4v) is 3.14. The number of nitrogens with zero attached hydrogens (tertiary/aromatic N) is 5. The van der Waals surface area contributed by atoms with E-state index in [0.717, 1.165) is 49.5 Å². The Labute approximate surface area is 186 Å². The lowest BCUT2D eigenvalue weighted by atomic mass is 10.1. The number of nitriles is 1. The Morgan fingerprint density at radius 1 is 1.28 bits per heavy atom. The number of fused-ring (bicyclic) bond motifs is 1. The largest absolute Gasteiger partial charge is 0.507 e. The number of aldehydes is 1. The number of nitrogens with one attached hydrogen (secondary N) is 1. The number of H-pyrrole nitrogens is 1. The Morgan fingerprint density at radius 2 is 1.91 bits per heavy atom. The third kappa shape index (κ3) is 7.27. The smallest absolute Gasteiger partial charge is 0.177 e. The minimum atomic E-state index is -0.926. The number of halogens is 1. The van der Waals surface area contributed by atoms with Gasteiger partial charge in [0, 0.05) is 56.3 Å². The number of para-hydroxylation sites is 1. The fraction of sp³-hybridized carbons (Fsp3) is 0.304. The number of carbonyl (C=O) groups is 1. The second-order valence-electron chi connectivity index (χ2n) is 7.21. The number of likely N-dealkylation sites (N-methyl/N-ethyl adjacent to an activating group) is 1. The topological polar surface area (TPSA) is 109 Å². The SMILES string of the molecule is C=C(F)C=O.CC#N.CN1CCN(Cc2cc3cc(-c4ccccc4O)nnc3[nH]2)CC1. The number of aromatic nitrogens is 3. The first kappa shape index (κ1) is 24.7. The van der Waals surface area contributed by atoms with Crippen LogP contribution < -0.4 is 0 Å². The second kappa shape index (κ2) is 12.3. The molecule has 8 nitrogen and oxygen atoms in total. The van der Waals surface area contributed by atoms with Crippen LogP contribution in [0.3, 0.4) is 0 Å². The lowest BCUT2D eigenvalue weighted by Gasteiger charge is -2.31. The number of aromatic hydroxyl groups is 1. The number of hydrogen-bond acceptors (Lipinski definition) is 7. The first-order valence-corrected chi connectivity index (χ1v) is 10.0. The van der Waals surface area contributed by atoms with Crippen molar-refractivity contribution in [2.45, 2.75) is 13.5 Å². The van der Waals surface area contributed by atoms with Crippen molar-refractivity contribution in [3.63, 3.8) is 0 Å². The molecule has 0 amide bonds. The minimum absolute atomic E-state index is 0.0556. The molecule has 1 aliphatic heterocycles. The number of carbonyl (C=O) groups excluding carboxylic acids is 1. The minimum Gasteiger partial charge on any atom is -0.507 e. The first-order valence-electron chi connectivity index (χ1n) is 10.0. The highest BCUT2D eigenvalue weighted by Crippen LogP contribution is 2.28. The van der Waals surface area contributed by atoms with E-state index in [-0.39, 0.29) is 12.0 Å². The predicted molar refractivity (Wildman–Crippen MR) is 121 cm³/mol. The van der Waals surface area contributed by atoms with Crippen LogP contribution >= 0.6 is 0 Å². The molecule has 0 atom stereocenters. The van der Waals surface area contributed by atoms with E-state index in [2.05, 4.69) is 44.7 Å². The zero-order valence-electron chi connectivity index (χ0n) is 18.3. The van der Waals surface area contributed by atoms with Crippen LogP contribution in [-0.2, 0) is 11.3 Å². The zero-order chi connectivity index (χ0) is 23.5. The molecular weight excluding hydrogens is 411 g/mol. The summed E-state index contributed by atoms with van der Waals surface area (Å²) >= 11 is 0. The van der Waals surface area contributed by atoms with E-state index in [1.165, 1.54) is 6.92 Å². The summed E-state index contributed by atoms with van der Waals surface area (Å²) in [4.78, 5) is 17.2. The van der Waals surface area contributed by atoms with Crippen LogP contribution in [0.15, 0.2) is 48.8 Å². The monoisotopic (exact) mass is 438 g/mol. The van der Waals surface area contributed by atoms with Crippen molar-refractivity contribution < 1.29 is 14.3 Å². The van der Waals surface area contributed by atoms with Gasteiger partial charge in [0.15, 0.2) is 17.8 Å². The average molecular weight is 439 g/mol. The van der Waals surface area contributed by atoms with Crippen molar-refractivity contribution in [2.24, 2.45) is 0 Å². The molecule has 0 bridgehead atoms. The van der Waals surface area contributed by atoms with Gasteiger partial charge in [-0.25, -0.2) is 4.39 Å². The van der Waals surface area contributed by atoms with Crippen molar-refractivity contribution in [1.29, 1.82) is 5.26 Å². The molecule has 32 heavy (non-hydrogen) atoms. The molecule has 2 aromatic heterocycles. The Morgan fingerprint density at radius 3 is 2.50 bits per heavy atom. The van der Waals surface area contributed by atoms with Gasteiger partial charge in [0.25, 0.3) is 0 Å². The van der Waals surface area contributed by atoms with Gasteiger partial charge in [0.2, 0.25) is 0 Å². The number of aromatic amines is 1. The molecule has 1 aromatic carbocycles. The summed E-state index contributed by atoms with van der Waals surface area (Å²) in [6, 6.07) is 13.1. The molecule has 0 unspecified atom stereocenters. The number of hydrogen-bond donors (Lipinski definition) is 2. The van der Waals surface area contributed by atoms with Gasteiger partial charge >= 0.3 is 0 Å². The van der Waals surface area contributed by atoms with E-state index in [9.17, 15) is 9.50 Å². The van der Waals surface area contributed by atoms with Gasteiger partial charge < -0.3 is 15.0 Å². The molecule has 0 spiro atoms. The zero-order valence-corrected chi connectivity index (χ0v) is 18.3. The fourth-order valence-electron chi connectivity index (χ4n) is 3.14.